The van der Waals surface area contributed by atoms with Crippen LogP contribution in [0.3, 0.4) is 0 Å². The van der Waals surface area contributed by atoms with Crippen LogP contribution in [-0.4, -0.2) is 16.5 Å². The zero-order valence-electron chi connectivity index (χ0n) is 9.47. The first kappa shape index (κ1) is 13.1. The Kier molecular flexibility index (Phi) is 3.93. The van der Waals surface area contributed by atoms with Crippen LogP contribution in [0.4, 0.5) is 11.4 Å². The van der Waals surface area contributed by atoms with Crippen molar-refractivity contribution < 1.29 is 4.92 Å². The highest BCUT2D eigenvalue weighted by Crippen LogP contribution is 2.21. The third kappa shape index (κ3) is 3.02. The lowest BCUT2D eigenvalue weighted by atomic mass is 10.2. The summed E-state index contributed by atoms with van der Waals surface area (Å²) in [6.07, 6.45) is 0. The first-order chi connectivity index (χ1) is 8.45. The number of rotatable bonds is 4. The Labute approximate surface area is 102 Å². The second-order valence-electron chi connectivity index (χ2n) is 3.36. The summed E-state index contributed by atoms with van der Waals surface area (Å²) in [4.78, 5) is 10.1. The second-order valence-corrected chi connectivity index (χ2v) is 3.36. The van der Waals surface area contributed by atoms with Gasteiger partial charge in [-0.25, -0.2) is 0 Å². The fourth-order valence-electron chi connectivity index (χ4n) is 1.20. The van der Waals surface area contributed by atoms with Gasteiger partial charge in [0.1, 0.15) is 6.07 Å². The number of nitrogens with two attached hydrogens (primary N) is 1. The molecule has 92 valence electrons. The maximum absolute atomic E-state index is 10.6. The zero-order valence-corrected chi connectivity index (χ0v) is 9.47. The molecule has 0 aromatic heterocycles. The highest BCUT2D eigenvalue weighted by molar-refractivity contribution is 6.45. The molecular formula is C10H10N6O2. The van der Waals surface area contributed by atoms with Gasteiger partial charge in [0.05, 0.1) is 10.6 Å². The van der Waals surface area contributed by atoms with Crippen molar-refractivity contribution >= 4 is 22.9 Å². The van der Waals surface area contributed by atoms with Crippen LogP contribution in [0, 0.1) is 33.8 Å². The Morgan fingerprint density at radius 2 is 2.33 bits per heavy atom. The van der Waals surface area contributed by atoms with Gasteiger partial charge in [-0.15, -0.1) is 0 Å². The predicted octanol–water partition coefficient (Wildman–Crippen LogP) is 1.13. The number of benzene rings is 1. The molecule has 4 N–H and O–H groups in total. The Balaban J connectivity index is 2.95. The van der Waals surface area contributed by atoms with Gasteiger partial charge in [0, 0.05) is 11.6 Å². The molecule has 0 unspecified atom stereocenters. The standard InChI is InChI=1S/C10H10N6O2/c1-6-4-7(2-3-9(6)16(17)18)14-15-8(5-11)10(12)13/h2-4,14H,1H3,(H3,12,13)/b15-8+. The van der Waals surface area contributed by atoms with Crippen molar-refractivity contribution in [1.82, 2.24) is 0 Å². The Hall–Kier alpha value is -2.95. The average Bonchev–Trinajstić information content (AvgIpc) is 2.28. The topological polar surface area (TPSA) is 141 Å². The average molecular weight is 246 g/mol. The lowest BCUT2D eigenvalue weighted by Crippen LogP contribution is -2.21. The van der Waals surface area contributed by atoms with Gasteiger partial charge in [-0.1, -0.05) is 0 Å². The van der Waals surface area contributed by atoms with E-state index < -0.39 is 10.8 Å². The third-order valence-electron chi connectivity index (χ3n) is 2.05. The minimum atomic E-state index is -0.487. The molecule has 0 aliphatic heterocycles. The number of hydrazone groups is 1. The minimum absolute atomic E-state index is 0.00314. The maximum atomic E-state index is 10.6. The van der Waals surface area contributed by atoms with Crippen LogP contribution in [0.25, 0.3) is 0 Å². The van der Waals surface area contributed by atoms with E-state index in [-0.39, 0.29) is 11.4 Å². The van der Waals surface area contributed by atoms with E-state index in [0.717, 1.165) is 0 Å². The Bertz CT molecular complexity index is 572. The molecule has 0 aliphatic carbocycles. The number of amidine groups is 1. The zero-order chi connectivity index (χ0) is 13.7. The number of nitrogens with zero attached hydrogens (tertiary/aromatic N) is 3. The van der Waals surface area contributed by atoms with Crippen LogP contribution < -0.4 is 11.2 Å². The monoisotopic (exact) mass is 246 g/mol. The summed E-state index contributed by atoms with van der Waals surface area (Å²) in [5.74, 6) is -0.455. The fourth-order valence-corrected chi connectivity index (χ4v) is 1.20. The number of aryl methyl sites for hydroxylation is 1. The molecule has 0 fully saturated rings. The number of nitro groups is 1. The summed E-state index contributed by atoms with van der Waals surface area (Å²) < 4.78 is 0. The molecule has 0 spiro atoms. The lowest BCUT2D eigenvalue weighted by Gasteiger charge is -2.03. The van der Waals surface area contributed by atoms with Crippen LogP contribution in [0.1, 0.15) is 5.56 Å². The first-order valence-corrected chi connectivity index (χ1v) is 4.79. The van der Waals surface area contributed by atoms with E-state index in [1.165, 1.54) is 18.2 Å². The van der Waals surface area contributed by atoms with Crippen molar-refractivity contribution in [2.45, 2.75) is 6.92 Å². The first-order valence-electron chi connectivity index (χ1n) is 4.79. The molecule has 0 amide bonds. The molecule has 1 aromatic carbocycles. The summed E-state index contributed by atoms with van der Waals surface area (Å²) in [5.41, 5.74) is 8.27. The van der Waals surface area contributed by atoms with E-state index in [0.29, 0.717) is 11.3 Å². The quantitative estimate of drug-likeness (QED) is 0.316. The lowest BCUT2D eigenvalue weighted by molar-refractivity contribution is -0.385. The van der Waals surface area contributed by atoms with Crippen molar-refractivity contribution in [2.24, 2.45) is 10.8 Å². The highest BCUT2D eigenvalue weighted by atomic mass is 16.6. The molecule has 0 atom stereocenters. The summed E-state index contributed by atoms with van der Waals surface area (Å²) >= 11 is 0. The van der Waals surface area contributed by atoms with Crippen LogP contribution >= 0.6 is 0 Å². The number of hydrogen-bond donors (Lipinski definition) is 3. The van der Waals surface area contributed by atoms with Crippen molar-refractivity contribution in [3.05, 3.63) is 33.9 Å². The van der Waals surface area contributed by atoms with E-state index in [1.54, 1.807) is 13.0 Å². The fraction of sp³-hybridized carbons (Fsp3) is 0.100. The molecule has 1 rings (SSSR count). The van der Waals surface area contributed by atoms with Crippen LogP contribution in [0.15, 0.2) is 23.3 Å². The molecule has 0 heterocycles. The second kappa shape index (κ2) is 5.40. The molecule has 0 saturated carbocycles. The summed E-state index contributed by atoms with van der Waals surface area (Å²) in [6, 6.07) is 5.93. The molecule has 0 saturated heterocycles. The molecule has 0 radical (unpaired) electrons. The van der Waals surface area contributed by atoms with Gasteiger partial charge in [0.15, 0.2) is 5.84 Å². The van der Waals surface area contributed by atoms with Gasteiger partial charge in [-0.3, -0.25) is 20.9 Å². The molecule has 18 heavy (non-hydrogen) atoms. The van der Waals surface area contributed by atoms with E-state index in [9.17, 15) is 10.1 Å². The Morgan fingerprint density at radius 3 is 2.78 bits per heavy atom. The normalized spacial score (nSPS) is 10.6. The maximum Gasteiger partial charge on any atom is 0.272 e. The Morgan fingerprint density at radius 1 is 1.67 bits per heavy atom. The number of hydrogen-bond acceptors (Lipinski definition) is 6. The van der Waals surface area contributed by atoms with E-state index in [2.05, 4.69) is 10.5 Å². The van der Waals surface area contributed by atoms with Crippen molar-refractivity contribution in [3.8, 4) is 6.07 Å². The van der Waals surface area contributed by atoms with Gasteiger partial charge in [-0.2, -0.15) is 10.4 Å². The molecule has 1 aromatic rings. The smallest absolute Gasteiger partial charge is 0.272 e. The van der Waals surface area contributed by atoms with Crippen molar-refractivity contribution in [2.75, 3.05) is 5.43 Å². The van der Waals surface area contributed by atoms with Crippen LogP contribution in [0.5, 0.6) is 0 Å². The third-order valence-corrected chi connectivity index (χ3v) is 2.05. The number of anilines is 1. The van der Waals surface area contributed by atoms with Crippen LogP contribution in [-0.2, 0) is 0 Å². The number of nitro benzene ring substituents is 1. The highest BCUT2D eigenvalue weighted by Gasteiger charge is 2.10. The van der Waals surface area contributed by atoms with E-state index in [1.807, 2.05) is 0 Å². The van der Waals surface area contributed by atoms with E-state index in [4.69, 9.17) is 16.4 Å². The molecule has 0 bridgehead atoms. The van der Waals surface area contributed by atoms with Gasteiger partial charge in [0.25, 0.3) is 5.69 Å². The molecular weight excluding hydrogens is 236 g/mol. The number of nitrogens with one attached hydrogen (secondary N) is 2. The van der Waals surface area contributed by atoms with Gasteiger partial charge in [-0.05, 0) is 19.1 Å². The van der Waals surface area contributed by atoms with Gasteiger partial charge in [0.2, 0.25) is 5.71 Å². The molecule has 0 aliphatic rings. The summed E-state index contributed by atoms with van der Waals surface area (Å²) in [5, 5.41) is 29.9. The van der Waals surface area contributed by atoms with Gasteiger partial charge < -0.3 is 5.73 Å². The molecule has 8 nitrogen and oxygen atoms in total. The van der Waals surface area contributed by atoms with Gasteiger partial charge >= 0.3 is 0 Å². The molecule has 8 heteroatoms. The largest absolute Gasteiger partial charge is 0.382 e. The summed E-state index contributed by atoms with van der Waals surface area (Å²) in [6.45, 7) is 1.59. The van der Waals surface area contributed by atoms with Crippen LogP contribution in [0.2, 0.25) is 0 Å². The van der Waals surface area contributed by atoms with Crippen molar-refractivity contribution in [3.63, 3.8) is 0 Å². The summed E-state index contributed by atoms with van der Waals surface area (Å²) in [7, 11) is 0. The minimum Gasteiger partial charge on any atom is -0.382 e. The SMILES string of the molecule is Cc1cc(N/N=C(\C#N)C(=N)N)ccc1[N+](=O)[O-]. The predicted molar refractivity (Wildman–Crippen MR) is 66.4 cm³/mol. The van der Waals surface area contributed by atoms with Crippen molar-refractivity contribution in [1.29, 1.82) is 10.7 Å². The van der Waals surface area contributed by atoms with E-state index >= 15 is 0 Å². The number of nitriles is 1.